The molecular weight excluding hydrogens is 532 g/mol. The maximum absolute atomic E-state index is 13.9. The molecule has 0 radical (unpaired) electrons. The number of sulfonamides is 1. The van der Waals surface area contributed by atoms with E-state index in [0.717, 1.165) is 48.1 Å². The van der Waals surface area contributed by atoms with Crippen LogP contribution in [0.1, 0.15) is 55.0 Å². The van der Waals surface area contributed by atoms with E-state index >= 15 is 0 Å². The molecule has 10 heteroatoms. The van der Waals surface area contributed by atoms with Gasteiger partial charge in [0.15, 0.2) is 9.34 Å². The molecule has 2 aromatic carbocycles. The van der Waals surface area contributed by atoms with E-state index in [4.69, 9.17) is 0 Å². The monoisotopic (exact) mass is 568 g/mol. The Balaban J connectivity index is 1.42. The lowest BCUT2D eigenvalue weighted by Crippen LogP contribution is -2.38. The normalized spacial score (nSPS) is 17.6. The van der Waals surface area contributed by atoms with Crippen LogP contribution in [0.4, 0.5) is 5.13 Å². The smallest absolute Gasteiger partial charge is 0.254 e. The van der Waals surface area contributed by atoms with Crippen molar-refractivity contribution in [2.24, 2.45) is 11.8 Å². The molecule has 0 spiro atoms. The predicted octanol–water partition coefficient (Wildman–Crippen LogP) is 5.03. The minimum Gasteiger partial charge on any atom is -0.352 e. The number of benzene rings is 2. The Morgan fingerprint density at radius 3 is 2.28 bits per heavy atom. The summed E-state index contributed by atoms with van der Waals surface area (Å²) in [5.74, 6) is -0.149. The van der Waals surface area contributed by atoms with Crippen molar-refractivity contribution in [1.82, 2.24) is 14.6 Å². The number of anilines is 1. The molecule has 2 amide bonds. The van der Waals surface area contributed by atoms with Crippen molar-refractivity contribution in [2.45, 2.75) is 63.8 Å². The zero-order chi connectivity index (χ0) is 28.0. The molecule has 0 atom stereocenters. The SMILES string of the molecule is CC(=O)Nc1nc(C)c(S(=O)(=O)N(Cc2ccccc2)CC2CCC(C(=O)NCc3ccc(C)cc3)CC2)s1. The van der Waals surface area contributed by atoms with Gasteiger partial charge in [-0.05, 0) is 56.6 Å². The summed E-state index contributed by atoms with van der Waals surface area (Å²) >= 11 is 0.979. The number of aryl methyl sites for hydroxylation is 2. The second-order valence-electron chi connectivity index (χ2n) is 10.3. The fraction of sp³-hybridized carbons (Fsp3) is 0.414. The summed E-state index contributed by atoms with van der Waals surface area (Å²) < 4.78 is 29.4. The first-order valence-corrected chi connectivity index (χ1v) is 15.5. The second kappa shape index (κ2) is 12.8. The molecule has 0 saturated heterocycles. The Labute approximate surface area is 234 Å². The van der Waals surface area contributed by atoms with Crippen LogP contribution in [-0.2, 0) is 32.7 Å². The third kappa shape index (κ3) is 7.74. The summed E-state index contributed by atoms with van der Waals surface area (Å²) in [7, 11) is -3.86. The van der Waals surface area contributed by atoms with E-state index < -0.39 is 10.0 Å². The summed E-state index contributed by atoms with van der Waals surface area (Å²) in [6.45, 7) is 6.17. The number of rotatable bonds is 10. The topological polar surface area (TPSA) is 108 Å². The predicted molar refractivity (Wildman–Crippen MR) is 154 cm³/mol. The molecule has 1 aliphatic carbocycles. The van der Waals surface area contributed by atoms with Gasteiger partial charge in [0.05, 0.1) is 5.69 Å². The minimum absolute atomic E-state index is 0.0603. The van der Waals surface area contributed by atoms with Gasteiger partial charge < -0.3 is 10.6 Å². The molecule has 208 valence electrons. The van der Waals surface area contributed by atoms with Crippen LogP contribution in [0, 0.1) is 25.7 Å². The highest BCUT2D eigenvalue weighted by molar-refractivity contribution is 7.91. The van der Waals surface area contributed by atoms with Gasteiger partial charge in [0.1, 0.15) is 0 Å². The fourth-order valence-corrected chi connectivity index (χ4v) is 8.01. The van der Waals surface area contributed by atoms with Gasteiger partial charge in [0.25, 0.3) is 10.0 Å². The van der Waals surface area contributed by atoms with Crippen LogP contribution in [0.3, 0.4) is 0 Å². The average Bonchev–Trinajstić information content (AvgIpc) is 3.28. The van der Waals surface area contributed by atoms with Gasteiger partial charge in [-0.3, -0.25) is 9.59 Å². The Morgan fingerprint density at radius 1 is 0.974 bits per heavy atom. The van der Waals surface area contributed by atoms with Gasteiger partial charge in [-0.25, -0.2) is 13.4 Å². The van der Waals surface area contributed by atoms with Crippen molar-refractivity contribution in [3.05, 3.63) is 77.0 Å². The Hall–Kier alpha value is -3.08. The second-order valence-corrected chi connectivity index (χ2v) is 13.4. The lowest BCUT2D eigenvalue weighted by atomic mass is 9.81. The first kappa shape index (κ1) is 28.9. The zero-order valence-corrected chi connectivity index (χ0v) is 24.3. The molecule has 1 heterocycles. The van der Waals surface area contributed by atoms with Crippen molar-refractivity contribution in [3.63, 3.8) is 0 Å². The number of hydrogen-bond donors (Lipinski definition) is 2. The van der Waals surface area contributed by atoms with Crippen LogP contribution >= 0.6 is 11.3 Å². The lowest BCUT2D eigenvalue weighted by Gasteiger charge is -2.32. The molecule has 0 unspecified atom stereocenters. The van der Waals surface area contributed by atoms with Crippen LogP contribution in [-0.4, -0.2) is 36.1 Å². The number of carbonyl (C=O) groups is 2. The number of hydrogen-bond acceptors (Lipinski definition) is 6. The Bertz CT molecular complexity index is 1380. The van der Waals surface area contributed by atoms with Crippen LogP contribution in [0.2, 0.25) is 0 Å². The first-order valence-electron chi connectivity index (χ1n) is 13.2. The number of nitrogens with zero attached hydrogens (tertiary/aromatic N) is 2. The van der Waals surface area contributed by atoms with E-state index in [-0.39, 0.29) is 39.5 Å². The molecule has 0 bridgehead atoms. The lowest BCUT2D eigenvalue weighted by molar-refractivity contribution is -0.126. The van der Waals surface area contributed by atoms with Gasteiger partial charge in [-0.2, -0.15) is 4.31 Å². The third-order valence-electron chi connectivity index (χ3n) is 7.08. The van der Waals surface area contributed by atoms with E-state index in [1.54, 1.807) is 6.92 Å². The number of amides is 2. The summed E-state index contributed by atoms with van der Waals surface area (Å²) in [5.41, 5.74) is 3.53. The number of aromatic nitrogens is 1. The highest BCUT2D eigenvalue weighted by Crippen LogP contribution is 2.34. The van der Waals surface area contributed by atoms with Crippen molar-refractivity contribution >= 4 is 38.3 Å². The maximum atomic E-state index is 13.9. The van der Waals surface area contributed by atoms with Crippen LogP contribution < -0.4 is 10.6 Å². The molecule has 0 aliphatic heterocycles. The average molecular weight is 569 g/mol. The van der Waals surface area contributed by atoms with E-state index in [2.05, 4.69) is 15.6 Å². The van der Waals surface area contributed by atoms with Gasteiger partial charge in [-0.1, -0.05) is 71.5 Å². The zero-order valence-electron chi connectivity index (χ0n) is 22.6. The standard InChI is InChI=1S/C29H36N4O4S2/c1-20-9-11-23(12-10-20)17-30-27(35)26-15-13-25(14-16-26)19-33(18-24-7-5-4-6-8-24)39(36,37)28-21(2)31-29(38-28)32-22(3)34/h4-12,25-26H,13-19H2,1-3H3,(H,30,35)(H,31,32,34). The van der Waals surface area contributed by atoms with Gasteiger partial charge in [0, 0.05) is 32.5 Å². The Morgan fingerprint density at radius 2 is 1.64 bits per heavy atom. The highest BCUT2D eigenvalue weighted by atomic mass is 32.2. The third-order valence-corrected chi connectivity index (χ3v) is 10.6. The van der Waals surface area contributed by atoms with Crippen molar-refractivity contribution < 1.29 is 18.0 Å². The van der Waals surface area contributed by atoms with Crippen molar-refractivity contribution in [3.8, 4) is 0 Å². The molecular formula is C29H36N4O4S2. The van der Waals surface area contributed by atoms with Crippen LogP contribution in [0.25, 0.3) is 0 Å². The fourth-order valence-electron chi connectivity index (χ4n) is 4.91. The number of thiazole rings is 1. The summed E-state index contributed by atoms with van der Waals surface area (Å²) in [4.78, 5) is 28.6. The van der Waals surface area contributed by atoms with Crippen molar-refractivity contribution in [1.29, 1.82) is 0 Å². The molecule has 2 N–H and O–H groups in total. The molecule has 1 aromatic heterocycles. The van der Waals surface area contributed by atoms with E-state index in [1.807, 2.05) is 61.5 Å². The van der Waals surface area contributed by atoms with E-state index in [0.29, 0.717) is 18.8 Å². The van der Waals surface area contributed by atoms with Gasteiger partial charge in [0.2, 0.25) is 11.8 Å². The van der Waals surface area contributed by atoms with Crippen LogP contribution in [0.15, 0.2) is 58.8 Å². The first-order chi connectivity index (χ1) is 18.6. The summed E-state index contributed by atoms with van der Waals surface area (Å²) in [5, 5.41) is 5.93. The Kier molecular flexibility index (Phi) is 9.53. The molecule has 4 rings (SSSR count). The molecule has 39 heavy (non-hydrogen) atoms. The van der Waals surface area contributed by atoms with Gasteiger partial charge >= 0.3 is 0 Å². The van der Waals surface area contributed by atoms with Crippen LogP contribution in [0.5, 0.6) is 0 Å². The number of carbonyl (C=O) groups excluding carboxylic acids is 2. The van der Waals surface area contributed by atoms with Crippen molar-refractivity contribution in [2.75, 3.05) is 11.9 Å². The highest BCUT2D eigenvalue weighted by Gasteiger charge is 2.34. The van der Waals surface area contributed by atoms with E-state index in [9.17, 15) is 18.0 Å². The maximum Gasteiger partial charge on any atom is 0.254 e. The molecule has 8 nitrogen and oxygen atoms in total. The summed E-state index contributed by atoms with van der Waals surface area (Å²) in [6.07, 6.45) is 3.02. The van der Waals surface area contributed by atoms with E-state index in [1.165, 1.54) is 16.8 Å². The molecule has 1 fully saturated rings. The summed E-state index contributed by atoms with van der Waals surface area (Å²) in [6, 6.07) is 17.7. The molecule has 1 saturated carbocycles. The largest absolute Gasteiger partial charge is 0.352 e. The molecule has 1 aliphatic rings. The van der Waals surface area contributed by atoms with Gasteiger partial charge in [-0.15, -0.1) is 0 Å². The molecule has 3 aromatic rings. The quantitative estimate of drug-likeness (QED) is 0.357. The minimum atomic E-state index is -3.86. The number of nitrogens with one attached hydrogen (secondary N) is 2.